The summed E-state index contributed by atoms with van der Waals surface area (Å²) in [6, 6.07) is 13.7. The molecule has 0 saturated heterocycles. The van der Waals surface area contributed by atoms with E-state index in [0.717, 1.165) is 5.69 Å². The van der Waals surface area contributed by atoms with Crippen molar-refractivity contribution in [3.63, 3.8) is 0 Å². The zero-order chi connectivity index (χ0) is 14.8. The molecule has 2 aromatic heterocycles. The van der Waals surface area contributed by atoms with Gasteiger partial charge in [0, 0.05) is 6.07 Å². The van der Waals surface area contributed by atoms with Crippen molar-refractivity contribution in [3.8, 4) is 22.8 Å². The topological polar surface area (TPSA) is 88.2 Å². The Kier molecular flexibility index (Phi) is 3.12. The molecule has 0 fully saturated rings. The second-order valence-electron chi connectivity index (χ2n) is 4.37. The number of hydrogen-bond donors (Lipinski definition) is 2. The molecule has 2 N–H and O–H groups in total. The first-order valence-electron chi connectivity index (χ1n) is 6.19. The van der Waals surface area contributed by atoms with Crippen LogP contribution in [0.3, 0.4) is 0 Å². The Bertz CT molecular complexity index is 780. The molecule has 104 valence electrons. The smallest absolute Gasteiger partial charge is 0.356 e. The van der Waals surface area contributed by atoms with E-state index in [9.17, 15) is 9.90 Å². The monoisotopic (exact) mass is 281 g/mol. The van der Waals surface area contributed by atoms with E-state index in [1.54, 1.807) is 6.07 Å². The number of carboxylic acid groups (broad SMARTS) is 1. The molecule has 0 saturated carbocycles. The molecule has 0 spiro atoms. The zero-order valence-corrected chi connectivity index (χ0v) is 10.8. The lowest BCUT2D eigenvalue weighted by Crippen LogP contribution is -2.02. The fourth-order valence-electron chi connectivity index (χ4n) is 1.97. The molecular weight excluding hydrogens is 270 g/mol. The van der Waals surface area contributed by atoms with Crippen LogP contribution in [0, 0.1) is 0 Å². The molecule has 6 nitrogen and oxygen atoms in total. The summed E-state index contributed by atoms with van der Waals surface area (Å²) < 4.78 is 1.52. The predicted octanol–water partition coefficient (Wildman–Crippen LogP) is 2.34. The number of para-hydroxylation sites is 1. The summed E-state index contributed by atoms with van der Waals surface area (Å²) in [5.74, 6) is -1.06. The maximum atomic E-state index is 11.1. The van der Waals surface area contributed by atoms with Gasteiger partial charge in [0.15, 0.2) is 5.69 Å². The highest BCUT2D eigenvalue weighted by atomic mass is 16.4. The van der Waals surface area contributed by atoms with Gasteiger partial charge in [-0.2, -0.15) is 5.10 Å². The number of aromatic nitrogens is 3. The first kappa shape index (κ1) is 12.9. The van der Waals surface area contributed by atoms with E-state index in [-0.39, 0.29) is 11.4 Å². The highest BCUT2D eigenvalue weighted by molar-refractivity contribution is 5.87. The molecular formula is C15H11N3O3. The highest BCUT2D eigenvalue weighted by Crippen LogP contribution is 2.23. The van der Waals surface area contributed by atoms with Crippen LogP contribution in [0.25, 0.3) is 17.1 Å². The van der Waals surface area contributed by atoms with E-state index in [0.29, 0.717) is 11.4 Å². The number of nitrogens with zero attached hydrogens (tertiary/aromatic N) is 3. The second kappa shape index (κ2) is 5.09. The molecule has 0 aliphatic rings. The van der Waals surface area contributed by atoms with Crippen molar-refractivity contribution in [1.82, 2.24) is 14.8 Å². The zero-order valence-electron chi connectivity index (χ0n) is 10.8. The van der Waals surface area contributed by atoms with Crippen molar-refractivity contribution in [1.29, 1.82) is 0 Å². The fourth-order valence-corrected chi connectivity index (χ4v) is 1.97. The molecule has 0 aliphatic carbocycles. The van der Waals surface area contributed by atoms with Crippen LogP contribution in [-0.4, -0.2) is 30.9 Å². The van der Waals surface area contributed by atoms with Crippen molar-refractivity contribution in [2.45, 2.75) is 0 Å². The van der Waals surface area contributed by atoms with Crippen LogP contribution >= 0.6 is 0 Å². The Morgan fingerprint density at radius 1 is 1.10 bits per heavy atom. The Labute approximate surface area is 119 Å². The average Bonchev–Trinajstić information content (AvgIpc) is 2.94. The summed E-state index contributed by atoms with van der Waals surface area (Å²) in [6.45, 7) is 0. The number of rotatable bonds is 3. The normalized spacial score (nSPS) is 10.5. The summed E-state index contributed by atoms with van der Waals surface area (Å²) in [5.41, 5.74) is 1.73. The molecule has 0 amide bonds. The van der Waals surface area contributed by atoms with Gasteiger partial charge in [-0.05, 0) is 24.3 Å². The molecule has 21 heavy (non-hydrogen) atoms. The van der Waals surface area contributed by atoms with Crippen LogP contribution in [0.4, 0.5) is 0 Å². The minimum atomic E-state index is -1.11. The van der Waals surface area contributed by atoms with Crippen molar-refractivity contribution in [2.24, 2.45) is 0 Å². The fraction of sp³-hybridized carbons (Fsp3) is 0. The number of carbonyl (C=O) groups is 1. The quantitative estimate of drug-likeness (QED) is 0.769. The van der Waals surface area contributed by atoms with Crippen LogP contribution in [0.2, 0.25) is 0 Å². The lowest BCUT2D eigenvalue weighted by atomic mass is 10.2. The number of pyridine rings is 1. The Morgan fingerprint density at radius 2 is 1.86 bits per heavy atom. The van der Waals surface area contributed by atoms with Crippen LogP contribution in [0.5, 0.6) is 5.75 Å². The Balaban J connectivity index is 2.19. The molecule has 0 atom stereocenters. The molecule has 0 bridgehead atoms. The molecule has 3 aromatic rings. The summed E-state index contributed by atoms with van der Waals surface area (Å²) in [5, 5.41) is 22.5. The summed E-state index contributed by atoms with van der Waals surface area (Å²) in [4.78, 5) is 15.3. The number of hydrogen-bond acceptors (Lipinski definition) is 4. The third kappa shape index (κ3) is 2.46. The van der Waals surface area contributed by atoms with Gasteiger partial charge in [0.1, 0.15) is 5.75 Å². The van der Waals surface area contributed by atoms with Gasteiger partial charge >= 0.3 is 5.97 Å². The number of carboxylic acids is 1. The van der Waals surface area contributed by atoms with E-state index >= 15 is 0 Å². The van der Waals surface area contributed by atoms with Crippen LogP contribution in [-0.2, 0) is 0 Å². The lowest BCUT2D eigenvalue weighted by Gasteiger charge is -2.06. The van der Waals surface area contributed by atoms with E-state index < -0.39 is 5.97 Å². The van der Waals surface area contributed by atoms with Crippen molar-refractivity contribution >= 4 is 5.97 Å². The van der Waals surface area contributed by atoms with Gasteiger partial charge in [-0.3, -0.25) is 4.98 Å². The van der Waals surface area contributed by atoms with Gasteiger partial charge in [-0.15, -0.1) is 0 Å². The molecule has 0 unspecified atom stereocenters. The lowest BCUT2D eigenvalue weighted by molar-refractivity contribution is 0.0690. The van der Waals surface area contributed by atoms with Crippen LogP contribution in [0.1, 0.15) is 10.5 Å². The maximum absolute atomic E-state index is 11.1. The van der Waals surface area contributed by atoms with Gasteiger partial charge < -0.3 is 10.2 Å². The van der Waals surface area contributed by atoms with Gasteiger partial charge in [-0.25, -0.2) is 9.48 Å². The van der Waals surface area contributed by atoms with E-state index in [4.69, 9.17) is 5.11 Å². The van der Waals surface area contributed by atoms with Gasteiger partial charge in [0.05, 0.1) is 23.3 Å². The minimum Gasteiger partial charge on any atom is -0.506 e. The molecule has 0 aliphatic heterocycles. The maximum Gasteiger partial charge on any atom is 0.356 e. The minimum absolute atomic E-state index is 0.0444. The third-order valence-electron chi connectivity index (χ3n) is 2.94. The molecule has 6 heteroatoms. The largest absolute Gasteiger partial charge is 0.506 e. The number of aromatic carboxylic acids is 1. The highest BCUT2D eigenvalue weighted by Gasteiger charge is 2.16. The Morgan fingerprint density at radius 3 is 2.48 bits per heavy atom. The predicted molar refractivity (Wildman–Crippen MR) is 75.4 cm³/mol. The molecule has 0 radical (unpaired) electrons. The first-order valence-corrected chi connectivity index (χ1v) is 6.19. The molecule has 2 heterocycles. The van der Waals surface area contributed by atoms with E-state index in [1.165, 1.54) is 23.0 Å². The van der Waals surface area contributed by atoms with Crippen molar-refractivity contribution in [2.75, 3.05) is 0 Å². The molecule has 1 aromatic carbocycles. The van der Waals surface area contributed by atoms with Gasteiger partial charge in [-0.1, -0.05) is 18.2 Å². The van der Waals surface area contributed by atoms with Crippen LogP contribution in [0.15, 0.2) is 54.7 Å². The number of benzene rings is 1. The number of aromatic hydroxyl groups is 1. The standard InChI is InChI=1S/C15H11N3O3/c19-11-6-7-12(16-9-11)14-8-13(15(20)21)17-18(14)10-4-2-1-3-5-10/h1-9,19H,(H,20,21). The van der Waals surface area contributed by atoms with Gasteiger partial charge in [0.25, 0.3) is 0 Å². The first-order chi connectivity index (χ1) is 10.1. The van der Waals surface area contributed by atoms with E-state index in [2.05, 4.69) is 10.1 Å². The van der Waals surface area contributed by atoms with Crippen LogP contribution < -0.4 is 0 Å². The second-order valence-corrected chi connectivity index (χ2v) is 4.37. The molecule has 3 rings (SSSR count). The van der Waals surface area contributed by atoms with Gasteiger partial charge in [0.2, 0.25) is 0 Å². The SMILES string of the molecule is O=C(O)c1cc(-c2ccc(O)cn2)n(-c2ccccc2)n1. The summed E-state index contributed by atoms with van der Waals surface area (Å²) in [6.07, 6.45) is 1.30. The third-order valence-corrected chi connectivity index (χ3v) is 2.94. The van der Waals surface area contributed by atoms with Crippen molar-refractivity contribution < 1.29 is 15.0 Å². The Hall–Kier alpha value is -3.15. The summed E-state index contributed by atoms with van der Waals surface area (Å²) in [7, 11) is 0. The summed E-state index contributed by atoms with van der Waals surface area (Å²) >= 11 is 0. The van der Waals surface area contributed by atoms with Crippen molar-refractivity contribution in [3.05, 3.63) is 60.4 Å². The van der Waals surface area contributed by atoms with E-state index in [1.807, 2.05) is 30.3 Å². The average molecular weight is 281 g/mol.